The van der Waals surface area contributed by atoms with E-state index in [1.807, 2.05) is 38.1 Å². The van der Waals surface area contributed by atoms with E-state index in [1.54, 1.807) is 11.8 Å². The third-order valence-electron chi connectivity index (χ3n) is 3.21. The summed E-state index contributed by atoms with van der Waals surface area (Å²) in [5.41, 5.74) is 5.07. The Morgan fingerprint density at radius 3 is 2.29 bits per heavy atom. The van der Waals surface area contributed by atoms with Crippen molar-refractivity contribution in [3.8, 4) is 5.75 Å². The molecule has 0 aliphatic carbocycles. The molecule has 1 unspecified atom stereocenters. The molecule has 1 atom stereocenters. The number of rotatable bonds is 6. The Bertz CT molecular complexity index is 569. The van der Waals surface area contributed by atoms with Gasteiger partial charge in [0.05, 0.1) is 12.1 Å². The number of para-hydroxylation sites is 1. The molecule has 0 radical (unpaired) electrons. The summed E-state index contributed by atoms with van der Waals surface area (Å²) in [6.45, 7) is 4.05. The summed E-state index contributed by atoms with van der Waals surface area (Å²) >= 11 is 1.73. The molecular weight excluding hydrogens is 280 g/mol. The van der Waals surface area contributed by atoms with Crippen LogP contribution >= 0.6 is 11.8 Å². The lowest BCUT2D eigenvalue weighted by Crippen LogP contribution is -2.29. The van der Waals surface area contributed by atoms with Gasteiger partial charge in [0, 0.05) is 10.5 Å². The zero-order valence-corrected chi connectivity index (χ0v) is 13.5. The first-order valence-corrected chi connectivity index (χ1v) is 8.24. The van der Waals surface area contributed by atoms with Crippen LogP contribution < -0.4 is 16.0 Å². The van der Waals surface area contributed by atoms with Crippen molar-refractivity contribution in [2.75, 3.05) is 6.26 Å². The molecule has 0 saturated heterocycles. The van der Waals surface area contributed by atoms with Gasteiger partial charge in [-0.3, -0.25) is 5.84 Å². The van der Waals surface area contributed by atoms with E-state index in [2.05, 4.69) is 35.9 Å². The van der Waals surface area contributed by atoms with Gasteiger partial charge in [-0.2, -0.15) is 0 Å². The normalized spacial score (nSPS) is 12.4. The molecule has 0 aliphatic heterocycles. The van der Waals surface area contributed by atoms with Crippen LogP contribution in [0.25, 0.3) is 0 Å². The van der Waals surface area contributed by atoms with Gasteiger partial charge in [0.15, 0.2) is 0 Å². The van der Waals surface area contributed by atoms with E-state index in [-0.39, 0.29) is 12.1 Å². The van der Waals surface area contributed by atoms with E-state index in [4.69, 9.17) is 10.6 Å². The summed E-state index contributed by atoms with van der Waals surface area (Å²) in [7, 11) is 0. The lowest BCUT2D eigenvalue weighted by atomic mass is 9.98. The zero-order chi connectivity index (χ0) is 15.2. The molecule has 0 heterocycles. The number of hydrogen-bond donors (Lipinski definition) is 2. The predicted octanol–water partition coefficient (Wildman–Crippen LogP) is 3.75. The van der Waals surface area contributed by atoms with Crippen molar-refractivity contribution in [3.63, 3.8) is 0 Å². The van der Waals surface area contributed by atoms with Gasteiger partial charge in [-0.1, -0.05) is 30.3 Å². The van der Waals surface area contributed by atoms with Gasteiger partial charge < -0.3 is 4.74 Å². The van der Waals surface area contributed by atoms with Crippen LogP contribution in [0.2, 0.25) is 0 Å². The van der Waals surface area contributed by atoms with Crippen molar-refractivity contribution in [1.82, 2.24) is 5.43 Å². The monoisotopic (exact) mass is 302 g/mol. The first-order chi connectivity index (χ1) is 10.2. The Morgan fingerprint density at radius 2 is 1.71 bits per heavy atom. The zero-order valence-electron chi connectivity index (χ0n) is 12.7. The average molecular weight is 302 g/mol. The van der Waals surface area contributed by atoms with Crippen LogP contribution in [0, 0.1) is 0 Å². The highest BCUT2D eigenvalue weighted by atomic mass is 32.2. The number of thioether (sulfide) groups is 1. The Hall–Kier alpha value is -1.49. The van der Waals surface area contributed by atoms with Crippen molar-refractivity contribution in [1.29, 1.82) is 0 Å². The summed E-state index contributed by atoms with van der Waals surface area (Å²) in [6.07, 6.45) is 2.20. The van der Waals surface area contributed by atoms with E-state index >= 15 is 0 Å². The molecule has 3 N–H and O–H groups in total. The Labute approximate surface area is 130 Å². The van der Waals surface area contributed by atoms with Crippen molar-refractivity contribution in [2.45, 2.75) is 30.9 Å². The van der Waals surface area contributed by atoms with Gasteiger partial charge in [0.25, 0.3) is 0 Å². The van der Waals surface area contributed by atoms with Crippen LogP contribution in [-0.2, 0) is 0 Å². The molecule has 2 aromatic carbocycles. The molecule has 2 aromatic rings. The molecule has 0 amide bonds. The maximum Gasteiger partial charge on any atom is 0.124 e. The molecule has 0 aromatic heterocycles. The van der Waals surface area contributed by atoms with Crippen molar-refractivity contribution in [3.05, 3.63) is 59.7 Å². The smallest absolute Gasteiger partial charge is 0.124 e. The molecule has 4 heteroatoms. The van der Waals surface area contributed by atoms with Crippen molar-refractivity contribution in [2.24, 2.45) is 5.84 Å². The number of benzene rings is 2. The molecule has 0 saturated carbocycles. The molecular formula is C17H22N2OS. The van der Waals surface area contributed by atoms with E-state index in [0.29, 0.717) is 0 Å². The third-order valence-corrected chi connectivity index (χ3v) is 3.95. The second-order valence-electron chi connectivity index (χ2n) is 5.08. The number of ether oxygens (including phenoxy) is 1. The summed E-state index contributed by atoms with van der Waals surface area (Å²) in [4.78, 5) is 1.24. The van der Waals surface area contributed by atoms with Gasteiger partial charge in [0.1, 0.15) is 5.75 Å². The van der Waals surface area contributed by atoms with Crippen LogP contribution in [-0.4, -0.2) is 12.4 Å². The quantitative estimate of drug-likeness (QED) is 0.485. The summed E-state index contributed by atoms with van der Waals surface area (Å²) in [6, 6.07) is 16.3. The first kappa shape index (κ1) is 15.9. The second kappa shape index (κ2) is 7.50. The van der Waals surface area contributed by atoms with E-state index < -0.39 is 0 Å². The highest BCUT2D eigenvalue weighted by molar-refractivity contribution is 7.98. The SMILES string of the molecule is CSc1ccc(C(NN)c2ccccc2OC(C)C)cc1. The van der Waals surface area contributed by atoms with Crippen LogP contribution in [0.5, 0.6) is 5.75 Å². The average Bonchev–Trinajstić information content (AvgIpc) is 2.50. The predicted molar refractivity (Wildman–Crippen MR) is 89.6 cm³/mol. The molecule has 0 spiro atoms. The van der Waals surface area contributed by atoms with Crippen molar-refractivity contribution >= 4 is 11.8 Å². The lowest BCUT2D eigenvalue weighted by Gasteiger charge is -2.21. The highest BCUT2D eigenvalue weighted by Crippen LogP contribution is 2.31. The van der Waals surface area contributed by atoms with E-state index in [1.165, 1.54) is 4.90 Å². The molecule has 0 bridgehead atoms. The largest absolute Gasteiger partial charge is 0.491 e. The third kappa shape index (κ3) is 4.00. The van der Waals surface area contributed by atoms with Crippen LogP contribution in [0.1, 0.15) is 31.0 Å². The number of nitrogens with two attached hydrogens (primary N) is 1. The molecule has 0 aliphatic rings. The lowest BCUT2D eigenvalue weighted by molar-refractivity contribution is 0.238. The van der Waals surface area contributed by atoms with E-state index in [0.717, 1.165) is 16.9 Å². The van der Waals surface area contributed by atoms with Crippen LogP contribution in [0.3, 0.4) is 0 Å². The maximum atomic E-state index is 5.89. The van der Waals surface area contributed by atoms with Crippen LogP contribution in [0.15, 0.2) is 53.4 Å². The van der Waals surface area contributed by atoms with Gasteiger partial charge in [-0.25, -0.2) is 5.43 Å². The highest BCUT2D eigenvalue weighted by Gasteiger charge is 2.17. The molecule has 3 nitrogen and oxygen atoms in total. The van der Waals surface area contributed by atoms with Gasteiger partial charge >= 0.3 is 0 Å². The Morgan fingerprint density at radius 1 is 1.05 bits per heavy atom. The minimum atomic E-state index is -0.0872. The fraction of sp³-hybridized carbons (Fsp3) is 0.294. The Kier molecular flexibility index (Phi) is 5.67. The van der Waals surface area contributed by atoms with Gasteiger partial charge in [-0.05, 0) is 43.9 Å². The first-order valence-electron chi connectivity index (χ1n) is 7.01. The molecule has 21 heavy (non-hydrogen) atoms. The number of hydrogen-bond acceptors (Lipinski definition) is 4. The van der Waals surface area contributed by atoms with E-state index in [9.17, 15) is 0 Å². The minimum Gasteiger partial charge on any atom is -0.491 e. The molecule has 2 rings (SSSR count). The second-order valence-corrected chi connectivity index (χ2v) is 5.96. The topological polar surface area (TPSA) is 47.3 Å². The Balaban J connectivity index is 2.36. The fourth-order valence-corrected chi connectivity index (χ4v) is 2.65. The standard InChI is InChI=1S/C17H22N2OS/c1-12(2)20-16-7-5-4-6-15(16)17(19-18)13-8-10-14(21-3)11-9-13/h4-12,17,19H,18H2,1-3H3. The van der Waals surface area contributed by atoms with Gasteiger partial charge in [0.2, 0.25) is 0 Å². The van der Waals surface area contributed by atoms with Crippen molar-refractivity contribution < 1.29 is 4.74 Å². The fourth-order valence-electron chi connectivity index (χ4n) is 2.24. The van der Waals surface area contributed by atoms with Gasteiger partial charge in [-0.15, -0.1) is 11.8 Å². The van der Waals surface area contributed by atoms with Crippen LogP contribution in [0.4, 0.5) is 0 Å². The molecule has 0 fully saturated rings. The number of hydrazine groups is 1. The summed E-state index contributed by atoms with van der Waals surface area (Å²) in [5, 5.41) is 0. The minimum absolute atomic E-state index is 0.0872. The number of nitrogens with one attached hydrogen (secondary N) is 1. The summed E-state index contributed by atoms with van der Waals surface area (Å²) in [5.74, 6) is 6.66. The summed E-state index contributed by atoms with van der Waals surface area (Å²) < 4.78 is 5.89. The molecule has 112 valence electrons. The maximum absolute atomic E-state index is 5.89.